The molecule has 0 saturated heterocycles. The quantitative estimate of drug-likeness (QED) is 0.859. The molecule has 0 spiro atoms. The van der Waals surface area contributed by atoms with Gasteiger partial charge >= 0.3 is 5.97 Å². The van der Waals surface area contributed by atoms with Gasteiger partial charge < -0.3 is 10.1 Å². The Kier molecular flexibility index (Phi) is 4.75. The second-order valence-electron chi connectivity index (χ2n) is 4.44. The van der Waals surface area contributed by atoms with Crippen LogP contribution < -0.4 is 5.32 Å². The van der Waals surface area contributed by atoms with E-state index in [9.17, 15) is 9.59 Å². The minimum atomic E-state index is -0.440. The van der Waals surface area contributed by atoms with E-state index in [2.05, 4.69) is 26.0 Å². The van der Waals surface area contributed by atoms with Gasteiger partial charge in [-0.15, -0.1) is 0 Å². The number of benzene rings is 2. The lowest BCUT2D eigenvalue weighted by molar-refractivity contribution is 0.0600. The first-order chi connectivity index (χ1) is 10.0. The van der Waals surface area contributed by atoms with Gasteiger partial charge in [-0.3, -0.25) is 4.79 Å². The molecule has 4 nitrogen and oxygen atoms in total. The first kappa shape index (κ1) is 15.3. The Balaban J connectivity index is 2.24. The zero-order valence-electron chi connectivity index (χ0n) is 11.6. The summed E-state index contributed by atoms with van der Waals surface area (Å²) in [7, 11) is 1.32. The lowest BCUT2D eigenvalue weighted by Crippen LogP contribution is -2.14. The van der Waals surface area contributed by atoms with Crippen molar-refractivity contribution in [3.8, 4) is 0 Å². The van der Waals surface area contributed by atoms with E-state index >= 15 is 0 Å². The van der Waals surface area contributed by atoms with Crippen LogP contribution in [0.15, 0.2) is 46.9 Å². The van der Waals surface area contributed by atoms with Gasteiger partial charge in [0.05, 0.1) is 12.7 Å². The normalized spacial score (nSPS) is 10.0. The van der Waals surface area contributed by atoms with Crippen molar-refractivity contribution in [1.82, 2.24) is 0 Å². The third kappa shape index (κ3) is 3.49. The van der Waals surface area contributed by atoms with Crippen molar-refractivity contribution < 1.29 is 14.3 Å². The molecule has 0 aliphatic rings. The van der Waals surface area contributed by atoms with Crippen LogP contribution in [-0.4, -0.2) is 19.0 Å². The third-order valence-corrected chi connectivity index (χ3v) is 3.91. The van der Waals surface area contributed by atoms with E-state index in [1.165, 1.54) is 7.11 Å². The number of hydrogen-bond acceptors (Lipinski definition) is 3. The maximum absolute atomic E-state index is 12.3. The van der Waals surface area contributed by atoms with Crippen LogP contribution in [0, 0.1) is 6.92 Å². The van der Waals surface area contributed by atoms with Gasteiger partial charge in [-0.05, 0) is 42.8 Å². The van der Waals surface area contributed by atoms with Crippen molar-refractivity contribution in [2.75, 3.05) is 12.4 Å². The van der Waals surface area contributed by atoms with Crippen molar-refractivity contribution in [2.45, 2.75) is 6.92 Å². The SMILES string of the molecule is COC(=O)c1cccc(NC(=O)c2cccc(Br)c2C)c1. The Morgan fingerprint density at radius 3 is 2.57 bits per heavy atom. The number of hydrogen-bond donors (Lipinski definition) is 1. The zero-order chi connectivity index (χ0) is 15.4. The minimum Gasteiger partial charge on any atom is -0.465 e. The van der Waals surface area contributed by atoms with Crippen LogP contribution in [0.5, 0.6) is 0 Å². The molecule has 5 heteroatoms. The van der Waals surface area contributed by atoms with Gasteiger partial charge in [0.2, 0.25) is 0 Å². The number of carbonyl (C=O) groups excluding carboxylic acids is 2. The fraction of sp³-hybridized carbons (Fsp3) is 0.125. The molecule has 0 saturated carbocycles. The van der Waals surface area contributed by atoms with Crippen LogP contribution >= 0.6 is 15.9 Å². The molecular weight excluding hydrogens is 334 g/mol. The molecule has 0 aliphatic heterocycles. The Morgan fingerprint density at radius 1 is 1.14 bits per heavy atom. The number of ether oxygens (including phenoxy) is 1. The Morgan fingerprint density at radius 2 is 1.86 bits per heavy atom. The fourth-order valence-corrected chi connectivity index (χ4v) is 2.26. The summed E-state index contributed by atoms with van der Waals surface area (Å²) >= 11 is 3.40. The third-order valence-electron chi connectivity index (χ3n) is 3.05. The Hall–Kier alpha value is -2.14. The van der Waals surface area contributed by atoms with Crippen LogP contribution in [0.1, 0.15) is 26.3 Å². The molecule has 1 N–H and O–H groups in total. The van der Waals surface area contributed by atoms with Gasteiger partial charge in [0.1, 0.15) is 0 Å². The van der Waals surface area contributed by atoms with Crippen LogP contribution in [0.25, 0.3) is 0 Å². The van der Waals surface area contributed by atoms with Crippen LogP contribution in [0.2, 0.25) is 0 Å². The number of amides is 1. The Bertz CT molecular complexity index is 698. The predicted molar refractivity (Wildman–Crippen MR) is 84.6 cm³/mol. The van der Waals surface area contributed by atoms with E-state index in [0.29, 0.717) is 16.8 Å². The summed E-state index contributed by atoms with van der Waals surface area (Å²) in [5.41, 5.74) is 2.37. The first-order valence-corrected chi connectivity index (χ1v) is 7.07. The number of anilines is 1. The van der Waals surface area contributed by atoms with Crippen LogP contribution in [0.4, 0.5) is 5.69 Å². The van der Waals surface area contributed by atoms with Crippen molar-refractivity contribution >= 4 is 33.5 Å². The number of carbonyl (C=O) groups is 2. The number of halogens is 1. The summed E-state index contributed by atoms with van der Waals surface area (Å²) < 4.78 is 5.53. The minimum absolute atomic E-state index is 0.226. The van der Waals surface area contributed by atoms with Gasteiger partial charge in [-0.2, -0.15) is 0 Å². The average Bonchev–Trinajstić information content (AvgIpc) is 2.49. The van der Waals surface area contributed by atoms with Gasteiger partial charge in [0.25, 0.3) is 5.91 Å². The standard InChI is InChI=1S/C16H14BrNO3/c1-10-13(7-4-8-14(10)17)15(19)18-12-6-3-5-11(9-12)16(20)21-2/h3-9H,1-2H3,(H,18,19). The smallest absolute Gasteiger partial charge is 0.337 e. The molecule has 0 aromatic heterocycles. The second-order valence-corrected chi connectivity index (χ2v) is 5.29. The van der Waals surface area contributed by atoms with Gasteiger partial charge in [0, 0.05) is 15.7 Å². The highest BCUT2D eigenvalue weighted by atomic mass is 79.9. The van der Waals surface area contributed by atoms with E-state index in [1.807, 2.05) is 13.0 Å². The second kappa shape index (κ2) is 6.54. The molecule has 1 amide bonds. The van der Waals surface area contributed by atoms with Crippen LogP contribution in [-0.2, 0) is 4.74 Å². The molecular formula is C16H14BrNO3. The molecule has 0 unspecified atom stereocenters. The maximum Gasteiger partial charge on any atom is 0.337 e. The summed E-state index contributed by atoms with van der Waals surface area (Å²) in [5, 5.41) is 2.78. The Labute approximate surface area is 131 Å². The van der Waals surface area contributed by atoms with E-state index in [1.54, 1.807) is 36.4 Å². The summed E-state index contributed by atoms with van der Waals surface area (Å²) in [5.74, 6) is -0.666. The highest BCUT2D eigenvalue weighted by Gasteiger charge is 2.12. The average molecular weight is 348 g/mol. The fourth-order valence-electron chi connectivity index (χ4n) is 1.89. The molecule has 0 atom stereocenters. The molecule has 2 aromatic carbocycles. The van der Waals surface area contributed by atoms with Crippen molar-refractivity contribution in [1.29, 1.82) is 0 Å². The number of nitrogens with one attached hydrogen (secondary N) is 1. The lowest BCUT2D eigenvalue weighted by atomic mass is 10.1. The zero-order valence-corrected chi connectivity index (χ0v) is 13.2. The molecule has 2 aromatic rings. The topological polar surface area (TPSA) is 55.4 Å². The number of rotatable bonds is 3. The highest BCUT2D eigenvalue weighted by molar-refractivity contribution is 9.10. The summed E-state index contributed by atoms with van der Waals surface area (Å²) in [6, 6.07) is 12.1. The van der Waals surface area contributed by atoms with Gasteiger partial charge in [-0.1, -0.05) is 28.1 Å². The lowest BCUT2D eigenvalue weighted by Gasteiger charge is -2.09. The van der Waals surface area contributed by atoms with Crippen molar-refractivity contribution in [2.24, 2.45) is 0 Å². The molecule has 21 heavy (non-hydrogen) atoms. The molecule has 0 fully saturated rings. The van der Waals surface area contributed by atoms with E-state index in [4.69, 9.17) is 0 Å². The van der Waals surface area contributed by atoms with Gasteiger partial charge in [-0.25, -0.2) is 4.79 Å². The van der Waals surface area contributed by atoms with Gasteiger partial charge in [0.15, 0.2) is 0 Å². The predicted octanol–water partition coefficient (Wildman–Crippen LogP) is 3.80. The number of methoxy groups -OCH3 is 1. The highest BCUT2D eigenvalue weighted by Crippen LogP contribution is 2.21. The molecule has 0 bridgehead atoms. The van der Waals surface area contributed by atoms with Crippen LogP contribution in [0.3, 0.4) is 0 Å². The van der Waals surface area contributed by atoms with Crippen molar-refractivity contribution in [3.63, 3.8) is 0 Å². The largest absolute Gasteiger partial charge is 0.465 e. The number of esters is 1. The first-order valence-electron chi connectivity index (χ1n) is 6.27. The van der Waals surface area contributed by atoms with E-state index in [0.717, 1.165) is 10.0 Å². The summed E-state index contributed by atoms with van der Waals surface area (Å²) in [6.07, 6.45) is 0. The maximum atomic E-state index is 12.3. The molecule has 108 valence electrons. The molecule has 0 radical (unpaired) electrons. The summed E-state index contributed by atoms with van der Waals surface area (Å²) in [4.78, 5) is 23.8. The molecule has 0 heterocycles. The summed E-state index contributed by atoms with van der Waals surface area (Å²) in [6.45, 7) is 1.86. The van der Waals surface area contributed by atoms with E-state index < -0.39 is 5.97 Å². The van der Waals surface area contributed by atoms with Crippen molar-refractivity contribution in [3.05, 3.63) is 63.6 Å². The monoisotopic (exact) mass is 347 g/mol. The van der Waals surface area contributed by atoms with E-state index in [-0.39, 0.29) is 5.91 Å². The molecule has 0 aliphatic carbocycles. The molecule has 2 rings (SSSR count).